The van der Waals surface area contributed by atoms with Crippen LogP contribution in [-0.2, 0) is 17.6 Å². The summed E-state index contributed by atoms with van der Waals surface area (Å²) in [7, 11) is 0. The fourth-order valence-electron chi connectivity index (χ4n) is 2.70. The first-order valence-corrected chi connectivity index (χ1v) is 8.28. The highest BCUT2D eigenvalue weighted by molar-refractivity contribution is 7.16. The quantitative estimate of drug-likeness (QED) is 0.644. The fourth-order valence-corrected chi connectivity index (χ4v) is 3.95. The van der Waals surface area contributed by atoms with Crippen LogP contribution in [0, 0.1) is 11.3 Å². The molecule has 1 aliphatic rings. The van der Waals surface area contributed by atoms with Crippen LogP contribution in [0.4, 0.5) is 5.00 Å². The second-order valence-corrected chi connectivity index (χ2v) is 6.50. The van der Waals surface area contributed by atoms with Crippen molar-refractivity contribution in [3.05, 3.63) is 63.7 Å². The maximum Gasteiger partial charge on any atom is 0.352 e. The van der Waals surface area contributed by atoms with Crippen molar-refractivity contribution < 1.29 is 14.7 Å². The number of thiophene rings is 1. The van der Waals surface area contributed by atoms with Crippen molar-refractivity contribution in [2.75, 3.05) is 5.32 Å². The van der Waals surface area contributed by atoms with E-state index in [9.17, 15) is 20.0 Å². The number of nitrogens with zero attached hydrogens (tertiary/aromatic N) is 1. The molecule has 24 heavy (non-hydrogen) atoms. The number of benzene rings is 1. The van der Waals surface area contributed by atoms with Crippen LogP contribution < -0.4 is 5.32 Å². The number of anilines is 1. The molecule has 120 valence electrons. The van der Waals surface area contributed by atoms with E-state index in [1.54, 1.807) is 30.3 Å². The van der Waals surface area contributed by atoms with E-state index in [2.05, 4.69) is 11.4 Å². The van der Waals surface area contributed by atoms with Crippen molar-refractivity contribution in [1.29, 1.82) is 5.26 Å². The highest BCUT2D eigenvalue weighted by Crippen LogP contribution is 2.39. The topological polar surface area (TPSA) is 90.2 Å². The zero-order valence-electron chi connectivity index (χ0n) is 12.7. The van der Waals surface area contributed by atoms with Crippen molar-refractivity contribution in [2.45, 2.75) is 19.3 Å². The minimum absolute atomic E-state index is 0.236. The minimum Gasteiger partial charge on any atom is -0.477 e. The van der Waals surface area contributed by atoms with Crippen molar-refractivity contribution in [1.82, 2.24) is 0 Å². The molecule has 2 N–H and O–H groups in total. The Labute approximate surface area is 142 Å². The van der Waals surface area contributed by atoms with Gasteiger partial charge in [0.05, 0.1) is 5.56 Å². The number of allylic oxidation sites excluding steroid dienone is 1. The number of rotatable bonds is 5. The number of carboxylic acids is 1. The number of nitrogens with one attached hydrogen (secondary N) is 1. The maximum atomic E-state index is 12.2. The SMILES string of the molecule is N#Cc1c(N/C(=C\C(=O)c2ccccc2)C(=O)O)sc2c1CCC2. The summed E-state index contributed by atoms with van der Waals surface area (Å²) in [5, 5.41) is 22.0. The summed E-state index contributed by atoms with van der Waals surface area (Å²) >= 11 is 1.39. The van der Waals surface area contributed by atoms with Gasteiger partial charge in [-0.3, -0.25) is 4.79 Å². The highest BCUT2D eigenvalue weighted by atomic mass is 32.1. The summed E-state index contributed by atoms with van der Waals surface area (Å²) in [5.41, 5.74) is 1.67. The molecular formula is C18H14N2O3S. The molecule has 0 unspecified atom stereocenters. The lowest BCUT2D eigenvalue weighted by Gasteiger charge is -2.06. The third-order valence-electron chi connectivity index (χ3n) is 3.85. The molecule has 0 fully saturated rings. The Kier molecular flexibility index (Phi) is 4.45. The molecular weight excluding hydrogens is 324 g/mol. The Balaban J connectivity index is 1.91. The van der Waals surface area contributed by atoms with Crippen LogP contribution >= 0.6 is 11.3 Å². The zero-order chi connectivity index (χ0) is 17.1. The van der Waals surface area contributed by atoms with Gasteiger partial charge < -0.3 is 10.4 Å². The molecule has 0 bridgehead atoms. The minimum atomic E-state index is -1.24. The number of ketones is 1. The largest absolute Gasteiger partial charge is 0.477 e. The number of carbonyl (C=O) groups is 2. The molecule has 0 saturated carbocycles. The van der Waals surface area contributed by atoms with Crippen LogP contribution in [-0.4, -0.2) is 16.9 Å². The average Bonchev–Trinajstić information content (AvgIpc) is 3.15. The highest BCUT2D eigenvalue weighted by Gasteiger charge is 2.23. The van der Waals surface area contributed by atoms with Crippen molar-refractivity contribution >= 4 is 28.1 Å². The molecule has 1 heterocycles. The summed E-state index contributed by atoms with van der Waals surface area (Å²) in [6, 6.07) is 10.6. The Bertz CT molecular complexity index is 876. The summed E-state index contributed by atoms with van der Waals surface area (Å²) in [4.78, 5) is 24.8. The smallest absolute Gasteiger partial charge is 0.352 e. The molecule has 2 aromatic rings. The Morgan fingerprint density at radius 1 is 1.25 bits per heavy atom. The molecule has 0 saturated heterocycles. The van der Waals surface area contributed by atoms with Gasteiger partial charge in [0.15, 0.2) is 5.78 Å². The van der Waals surface area contributed by atoms with Crippen LogP contribution in [0.25, 0.3) is 0 Å². The second kappa shape index (κ2) is 6.69. The Morgan fingerprint density at radius 2 is 2.00 bits per heavy atom. The number of aliphatic carboxylic acids is 1. The van der Waals surface area contributed by atoms with E-state index < -0.39 is 11.8 Å². The number of carbonyl (C=O) groups excluding carboxylic acids is 1. The van der Waals surface area contributed by atoms with Gasteiger partial charge in [-0.25, -0.2) is 4.79 Å². The number of hydrogen-bond acceptors (Lipinski definition) is 5. The number of aryl methyl sites for hydroxylation is 1. The van der Waals surface area contributed by atoms with Crippen molar-refractivity contribution in [2.24, 2.45) is 0 Å². The van der Waals surface area contributed by atoms with Gasteiger partial charge in [-0.05, 0) is 24.8 Å². The molecule has 0 aliphatic heterocycles. The standard InChI is InChI=1S/C18H14N2O3S/c19-10-13-12-7-4-8-16(12)24-17(13)20-14(18(22)23)9-15(21)11-5-2-1-3-6-11/h1-3,5-6,9,20H,4,7-8H2,(H,22,23)/b14-9-. The van der Waals surface area contributed by atoms with Gasteiger partial charge in [-0.1, -0.05) is 30.3 Å². The zero-order valence-corrected chi connectivity index (χ0v) is 13.5. The molecule has 5 nitrogen and oxygen atoms in total. The molecule has 1 aromatic carbocycles. The van der Waals surface area contributed by atoms with Crippen molar-refractivity contribution in [3.8, 4) is 6.07 Å². The molecule has 3 rings (SSSR count). The van der Waals surface area contributed by atoms with Crippen LogP contribution in [0.1, 0.15) is 32.8 Å². The number of nitriles is 1. The molecule has 0 atom stereocenters. The molecule has 0 spiro atoms. The summed E-state index contributed by atoms with van der Waals surface area (Å²) in [5.74, 6) is -1.64. The van der Waals surface area contributed by atoms with Gasteiger partial charge in [-0.15, -0.1) is 11.3 Å². The fraction of sp³-hybridized carbons (Fsp3) is 0.167. The molecule has 1 aromatic heterocycles. The second-order valence-electron chi connectivity index (χ2n) is 5.39. The predicted octanol–water partition coefficient (Wildman–Crippen LogP) is 3.37. The number of fused-ring (bicyclic) bond motifs is 1. The van der Waals surface area contributed by atoms with Crippen LogP contribution in [0.2, 0.25) is 0 Å². The molecule has 6 heteroatoms. The number of hydrogen-bond donors (Lipinski definition) is 2. The van der Waals surface area contributed by atoms with Gasteiger partial charge >= 0.3 is 5.97 Å². The van der Waals surface area contributed by atoms with Gasteiger partial charge in [0.1, 0.15) is 16.8 Å². The molecule has 0 amide bonds. The Hall–Kier alpha value is -2.91. The average molecular weight is 338 g/mol. The lowest BCUT2D eigenvalue weighted by Crippen LogP contribution is -2.13. The first kappa shape index (κ1) is 16.0. The summed E-state index contributed by atoms with van der Waals surface area (Å²) < 4.78 is 0. The molecule has 0 radical (unpaired) electrons. The maximum absolute atomic E-state index is 12.2. The lowest BCUT2D eigenvalue weighted by molar-refractivity contribution is -0.132. The van der Waals surface area contributed by atoms with Gasteiger partial charge in [0.2, 0.25) is 0 Å². The van der Waals surface area contributed by atoms with Crippen LogP contribution in [0.5, 0.6) is 0 Å². The van der Waals surface area contributed by atoms with E-state index in [1.807, 2.05) is 0 Å². The first-order valence-electron chi connectivity index (χ1n) is 7.46. The lowest BCUT2D eigenvalue weighted by atomic mass is 10.1. The third-order valence-corrected chi connectivity index (χ3v) is 5.05. The van der Waals surface area contributed by atoms with E-state index >= 15 is 0 Å². The van der Waals surface area contributed by atoms with Gasteiger partial charge in [0, 0.05) is 16.5 Å². The van der Waals surface area contributed by atoms with Gasteiger partial charge in [0.25, 0.3) is 0 Å². The van der Waals surface area contributed by atoms with E-state index in [0.717, 1.165) is 35.8 Å². The van der Waals surface area contributed by atoms with Crippen LogP contribution in [0.3, 0.4) is 0 Å². The third kappa shape index (κ3) is 3.07. The van der Waals surface area contributed by atoms with E-state index in [1.165, 1.54) is 11.3 Å². The summed E-state index contributed by atoms with van der Waals surface area (Å²) in [6.07, 6.45) is 3.82. The van der Waals surface area contributed by atoms with E-state index in [-0.39, 0.29) is 5.70 Å². The summed E-state index contributed by atoms with van der Waals surface area (Å²) in [6.45, 7) is 0. The first-order chi connectivity index (χ1) is 11.6. The van der Waals surface area contributed by atoms with Gasteiger partial charge in [-0.2, -0.15) is 5.26 Å². The molecule has 1 aliphatic carbocycles. The predicted molar refractivity (Wildman–Crippen MR) is 91.2 cm³/mol. The van der Waals surface area contributed by atoms with Crippen molar-refractivity contribution in [3.63, 3.8) is 0 Å². The number of carboxylic acid groups (broad SMARTS) is 1. The van der Waals surface area contributed by atoms with E-state index in [4.69, 9.17) is 0 Å². The van der Waals surface area contributed by atoms with E-state index in [0.29, 0.717) is 16.1 Å². The van der Waals surface area contributed by atoms with Crippen LogP contribution in [0.15, 0.2) is 42.1 Å². The Morgan fingerprint density at radius 3 is 2.67 bits per heavy atom. The normalized spacial score (nSPS) is 13.2. The monoisotopic (exact) mass is 338 g/mol.